The summed E-state index contributed by atoms with van der Waals surface area (Å²) in [6.07, 6.45) is 3.45. The van der Waals surface area contributed by atoms with Crippen LogP contribution in [0.25, 0.3) is 16.9 Å². The first kappa shape index (κ1) is 10.9. The topological polar surface area (TPSA) is 17.3 Å². The van der Waals surface area contributed by atoms with Gasteiger partial charge in [-0.05, 0) is 30.7 Å². The molecule has 0 atom stereocenters. The van der Waals surface area contributed by atoms with Crippen LogP contribution in [-0.2, 0) is 0 Å². The van der Waals surface area contributed by atoms with Gasteiger partial charge in [-0.15, -0.1) is 0 Å². The summed E-state index contributed by atoms with van der Waals surface area (Å²) < 4.78 is 28.8. The molecule has 3 rings (SSSR count). The molecule has 0 amide bonds. The van der Waals surface area contributed by atoms with Crippen molar-refractivity contribution in [3.63, 3.8) is 0 Å². The van der Waals surface area contributed by atoms with Gasteiger partial charge in [0.15, 0.2) is 11.6 Å². The predicted octanol–water partition coefficient (Wildman–Crippen LogP) is 3.59. The molecule has 0 unspecified atom stereocenters. The Morgan fingerprint density at radius 1 is 1.11 bits per heavy atom. The van der Waals surface area contributed by atoms with Crippen LogP contribution in [-0.4, -0.2) is 9.38 Å². The van der Waals surface area contributed by atoms with E-state index in [1.807, 2.05) is 19.1 Å². The number of imidazole rings is 1. The summed E-state index contributed by atoms with van der Waals surface area (Å²) in [4.78, 5) is 4.18. The number of halogens is 2. The average molecular weight is 244 g/mol. The van der Waals surface area contributed by atoms with Crippen molar-refractivity contribution in [1.82, 2.24) is 9.38 Å². The van der Waals surface area contributed by atoms with Gasteiger partial charge < -0.3 is 0 Å². The fraction of sp³-hybridized carbons (Fsp3) is 0.0714. The van der Waals surface area contributed by atoms with Gasteiger partial charge in [0.05, 0.1) is 17.3 Å². The SMILES string of the molecule is Cc1cccn2c(-c3cccc(F)c3F)ncc12. The molecule has 2 aromatic heterocycles. The number of benzene rings is 1. The molecule has 0 spiro atoms. The number of rotatable bonds is 1. The molecule has 18 heavy (non-hydrogen) atoms. The van der Waals surface area contributed by atoms with Gasteiger partial charge in [-0.1, -0.05) is 12.1 Å². The second-order valence-electron chi connectivity index (χ2n) is 4.13. The van der Waals surface area contributed by atoms with Crippen LogP contribution < -0.4 is 0 Å². The summed E-state index contributed by atoms with van der Waals surface area (Å²) in [6, 6.07) is 7.90. The zero-order valence-corrected chi connectivity index (χ0v) is 9.69. The molecule has 4 heteroatoms. The van der Waals surface area contributed by atoms with Crippen molar-refractivity contribution in [2.75, 3.05) is 0 Å². The van der Waals surface area contributed by atoms with E-state index in [1.54, 1.807) is 16.8 Å². The third-order valence-electron chi connectivity index (χ3n) is 2.97. The number of aryl methyl sites for hydroxylation is 1. The number of pyridine rings is 1. The van der Waals surface area contributed by atoms with Crippen LogP contribution in [0.5, 0.6) is 0 Å². The Kier molecular flexibility index (Phi) is 2.37. The highest BCUT2D eigenvalue weighted by Gasteiger charge is 2.14. The first-order chi connectivity index (χ1) is 8.68. The maximum Gasteiger partial charge on any atom is 0.169 e. The molecule has 0 bridgehead atoms. The molecule has 2 heterocycles. The fourth-order valence-corrected chi connectivity index (χ4v) is 2.04. The number of fused-ring (bicyclic) bond motifs is 1. The summed E-state index contributed by atoms with van der Waals surface area (Å²) in [5, 5.41) is 0. The van der Waals surface area contributed by atoms with Gasteiger partial charge in [-0.25, -0.2) is 13.8 Å². The van der Waals surface area contributed by atoms with Gasteiger partial charge in [0.1, 0.15) is 5.82 Å². The van der Waals surface area contributed by atoms with Crippen LogP contribution in [0, 0.1) is 18.6 Å². The quantitative estimate of drug-likeness (QED) is 0.639. The van der Waals surface area contributed by atoms with Gasteiger partial charge in [-0.3, -0.25) is 4.40 Å². The summed E-state index contributed by atoms with van der Waals surface area (Å²) in [5.41, 5.74) is 2.09. The monoisotopic (exact) mass is 244 g/mol. The minimum Gasteiger partial charge on any atom is -0.299 e. The van der Waals surface area contributed by atoms with Crippen molar-refractivity contribution in [3.05, 3.63) is 59.9 Å². The highest BCUT2D eigenvalue weighted by molar-refractivity contribution is 5.65. The number of nitrogens with zero attached hydrogens (tertiary/aromatic N) is 2. The maximum atomic E-state index is 13.8. The van der Waals surface area contributed by atoms with Crippen molar-refractivity contribution in [2.45, 2.75) is 6.92 Å². The highest BCUT2D eigenvalue weighted by atomic mass is 19.2. The Balaban J connectivity index is 2.33. The van der Waals surface area contributed by atoms with E-state index in [0.29, 0.717) is 5.82 Å². The molecule has 0 radical (unpaired) electrons. The van der Waals surface area contributed by atoms with Crippen LogP contribution in [0.1, 0.15) is 5.56 Å². The Morgan fingerprint density at radius 3 is 2.78 bits per heavy atom. The van der Waals surface area contributed by atoms with Crippen LogP contribution >= 0.6 is 0 Å². The Labute approximate surface area is 103 Å². The molecule has 0 fully saturated rings. The van der Waals surface area contributed by atoms with E-state index in [9.17, 15) is 8.78 Å². The molecule has 0 saturated carbocycles. The largest absolute Gasteiger partial charge is 0.299 e. The summed E-state index contributed by atoms with van der Waals surface area (Å²) in [5.74, 6) is -1.32. The molecular weight excluding hydrogens is 234 g/mol. The summed E-state index contributed by atoms with van der Waals surface area (Å²) >= 11 is 0. The highest BCUT2D eigenvalue weighted by Crippen LogP contribution is 2.25. The normalized spacial score (nSPS) is 11.1. The first-order valence-electron chi connectivity index (χ1n) is 5.55. The Hall–Kier alpha value is -2.23. The molecular formula is C14H10F2N2. The van der Waals surface area contributed by atoms with E-state index in [0.717, 1.165) is 17.1 Å². The van der Waals surface area contributed by atoms with Gasteiger partial charge >= 0.3 is 0 Å². The van der Waals surface area contributed by atoms with E-state index in [1.165, 1.54) is 12.1 Å². The molecule has 3 aromatic rings. The van der Waals surface area contributed by atoms with Gasteiger partial charge in [0, 0.05) is 6.20 Å². The molecule has 0 aliphatic rings. The molecule has 0 aliphatic heterocycles. The van der Waals surface area contributed by atoms with Crippen LogP contribution in [0.3, 0.4) is 0 Å². The fourth-order valence-electron chi connectivity index (χ4n) is 2.04. The van der Waals surface area contributed by atoms with Crippen LogP contribution in [0.2, 0.25) is 0 Å². The lowest BCUT2D eigenvalue weighted by Gasteiger charge is -2.04. The second-order valence-corrected chi connectivity index (χ2v) is 4.13. The van der Waals surface area contributed by atoms with E-state index >= 15 is 0 Å². The molecule has 0 saturated heterocycles. The van der Waals surface area contributed by atoms with Crippen LogP contribution in [0.15, 0.2) is 42.7 Å². The third-order valence-corrected chi connectivity index (χ3v) is 2.97. The second kappa shape index (κ2) is 3.91. The van der Waals surface area contributed by atoms with E-state index in [-0.39, 0.29) is 5.56 Å². The molecule has 1 aromatic carbocycles. The molecule has 90 valence electrons. The molecule has 0 N–H and O–H groups in total. The zero-order valence-electron chi connectivity index (χ0n) is 9.69. The number of hydrogen-bond donors (Lipinski definition) is 0. The van der Waals surface area contributed by atoms with E-state index in [4.69, 9.17) is 0 Å². The van der Waals surface area contributed by atoms with E-state index in [2.05, 4.69) is 4.98 Å². The van der Waals surface area contributed by atoms with Gasteiger partial charge in [-0.2, -0.15) is 0 Å². The lowest BCUT2D eigenvalue weighted by molar-refractivity contribution is 0.510. The summed E-state index contributed by atoms with van der Waals surface area (Å²) in [6.45, 7) is 1.95. The maximum absolute atomic E-state index is 13.8. The Bertz CT molecular complexity index is 732. The minimum absolute atomic E-state index is 0.167. The smallest absolute Gasteiger partial charge is 0.169 e. The molecule has 2 nitrogen and oxygen atoms in total. The van der Waals surface area contributed by atoms with Crippen molar-refractivity contribution >= 4 is 5.52 Å². The van der Waals surface area contributed by atoms with Crippen LogP contribution in [0.4, 0.5) is 8.78 Å². The van der Waals surface area contributed by atoms with Crippen molar-refractivity contribution in [1.29, 1.82) is 0 Å². The number of hydrogen-bond acceptors (Lipinski definition) is 1. The van der Waals surface area contributed by atoms with Crippen molar-refractivity contribution in [2.24, 2.45) is 0 Å². The Morgan fingerprint density at radius 2 is 1.94 bits per heavy atom. The predicted molar refractivity (Wildman–Crippen MR) is 65.3 cm³/mol. The number of aromatic nitrogens is 2. The third kappa shape index (κ3) is 1.49. The first-order valence-corrected chi connectivity index (χ1v) is 5.55. The van der Waals surface area contributed by atoms with Gasteiger partial charge in [0.25, 0.3) is 0 Å². The lowest BCUT2D eigenvalue weighted by atomic mass is 10.2. The lowest BCUT2D eigenvalue weighted by Crippen LogP contribution is -1.95. The average Bonchev–Trinajstić information content (AvgIpc) is 2.78. The zero-order chi connectivity index (χ0) is 12.7. The molecule has 0 aliphatic carbocycles. The summed E-state index contributed by atoms with van der Waals surface area (Å²) in [7, 11) is 0. The van der Waals surface area contributed by atoms with Gasteiger partial charge in [0.2, 0.25) is 0 Å². The minimum atomic E-state index is -0.869. The van der Waals surface area contributed by atoms with Crippen molar-refractivity contribution < 1.29 is 8.78 Å². The van der Waals surface area contributed by atoms with E-state index < -0.39 is 11.6 Å². The standard InChI is InChI=1S/C14H10F2N2/c1-9-4-3-7-18-12(9)8-17-14(18)10-5-2-6-11(15)13(10)16/h2-8H,1H3. The van der Waals surface area contributed by atoms with Crippen molar-refractivity contribution in [3.8, 4) is 11.4 Å².